The minimum Gasteiger partial charge on any atom is -0.455 e. The molecule has 9 atom stereocenters. The molecule has 1 spiro atoms. The van der Waals surface area contributed by atoms with Crippen molar-refractivity contribution in [2.75, 3.05) is 25.1 Å². The number of carbonyl (C=O) groups is 4. The van der Waals surface area contributed by atoms with Gasteiger partial charge in [-0.15, -0.1) is 13.2 Å². The van der Waals surface area contributed by atoms with Crippen LogP contribution in [0.3, 0.4) is 0 Å². The van der Waals surface area contributed by atoms with E-state index in [1.54, 1.807) is 43.2 Å². The molecule has 3 fully saturated rings. The fourth-order valence-corrected chi connectivity index (χ4v) is 9.10. The van der Waals surface area contributed by atoms with E-state index in [1.807, 2.05) is 50.2 Å². The van der Waals surface area contributed by atoms with E-state index in [4.69, 9.17) is 21.1 Å². The molecule has 2 bridgehead atoms. The molecular weight excluding hydrogens is 726 g/mol. The van der Waals surface area contributed by atoms with Crippen LogP contribution in [-0.4, -0.2) is 93.5 Å². The molecule has 1 unspecified atom stereocenters. The number of amides is 3. The lowest BCUT2D eigenvalue weighted by Crippen LogP contribution is -2.59. The highest BCUT2D eigenvalue weighted by atomic mass is 79.9. The van der Waals surface area contributed by atoms with E-state index in [1.165, 1.54) is 9.80 Å². The molecule has 0 saturated carbocycles. The van der Waals surface area contributed by atoms with Gasteiger partial charge in [0.1, 0.15) is 17.7 Å². The lowest BCUT2D eigenvalue weighted by molar-refractivity contribution is -0.165. The summed E-state index contributed by atoms with van der Waals surface area (Å²) in [6.07, 6.45) is 2.66. The smallest absolute Gasteiger partial charge is 0.313 e. The van der Waals surface area contributed by atoms with Crippen molar-refractivity contribution < 1.29 is 33.8 Å². The van der Waals surface area contributed by atoms with Crippen LogP contribution in [0.1, 0.15) is 50.3 Å². The number of esters is 1. The number of hydrogen-bond donors (Lipinski definition) is 1. The third-order valence-corrected chi connectivity index (χ3v) is 11.5. The summed E-state index contributed by atoms with van der Waals surface area (Å²) in [5, 5.41) is 10.7. The number of para-hydroxylation sites is 1. The molecule has 2 aromatic rings. The normalized spacial score (nSPS) is 26.9. The predicted molar refractivity (Wildman–Crippen MR) is 195 cm³/mol. The van der Waals surface area contributed by atoms with Gasteiger partial charge >= 0.3 is 5.97 Å². The summed E-state index contributed by atoms with van der Waals surface area (Å²) in [7, 11) is 1.67. The van der Waals surface area contributed by atoms with Crippen LogP contribution in [0.4, 0.5) is 5.69 Å². The van der Waals surface area contributed by atoms with Crippen LogP contribution in [0.25, 0.3) is 0 Å². The molecule has 3 aliphatic heterocycles. The molecule has 268 valence electrons. The van der Waals surface area contributed by atoms with E-state index >= 15 is 0 Å². The number of hydrogen-bond acceptors (Lipinski definition) is 7. The number of aliphatic hydroxyl groups is 1. The molecule has 0 aliphatic carbocycles. The SMILES string of the molecule is C=CCCC(=O)N(C)[C@@H](C)[C@@H](OC(=O)[C@H]1[C@@H]2O[C@@]3(CC2Br)[C@@H]1C(=O)N([C@H](C)CO)[C@@H]3C(=O)N(CC=C)c1c(C)cccc1Cl)c1ccccc1. The number of halogens is 2. The predicted octanol–water partition coefficient (Wildman–Crippen LogP) is 5.39. The van der Waals surface area contributed by atoms with Gasteiger partial charge in [0, 0.05) is 24.8 Å². The Bertz CT molecular complexity index is 1620. The van der Waals surface area contributed by atoms with E-state index < -0.39 is 72.2 Å². The summed E-state index contributed by atoms with van der Waals surface area (Å²) in [6.45, 7) is 12.6. The zero-order valence-corrected chi connectivity index (χ0v) is 31.2. The molecule has 0 aromatic heterocycles. The first-order valence-corrected chi connectivity index (χ1v) is 18.2. The Morgan fingerprint density at radius 1 is 1.16 bits per heavy atom. The number of anilines is 1. The van der Waals surface area contributed by atoms with Crippen LogP contribution in [0.2, 0.25) is 5.02 Å². The van der Waals surface area contributed by atoms with Gasteiger partial charge in [-0.2, -0.15) is 0 Å². The maximum atomic E-state index is 14.9. The first-order valence-electron chi connectivity index (χ1n) is 16.9. The topological polar surface area (TPSA) is 117 Å². The van der Waals surface area contributed by atoms with Crippen LogP contribution >= 0.6 is 27.5 Å². The third kappa shape index (κ3) is 6.53. The van der Waals surface area contributed by atoms with Crippen LogP contribution in [0.15, 0.2) is 73.8 Å². The highest BCUT2D eigenvalue weighted by Crippen LogP contribution is 2.61. The van der Waals surface area contributed by atoms with Crippen molar-refractivity contribution in [3.63, 3.8) is 0 Å². The third-order valence-electron chi connectivity index (χ3n) is 10.4. The maximum Gasteiger partial charge on any atom is 0.313 e. The Hall–Kier alpha value is -3.51. The van der Waals surface area contributed by atoms with Gasteiger partial charge in [0.2, 0.25) is 11.8 Å². The first kappa shape index (κ1) is 37.7. The lowest BCUT2D eigenvalue weighted by atomic mass is 9.70. The van der Waals surface area contributed by atoms with Gasteiger partial charge in [0.05, 0.1) is 47.3 Å². The van der Waals surface area contributed by atoms with Crippen molar-refractivity contribution in [1.29, 1.82) is 0 Å². The summed E-state index contributed by atoms with van der Waals surface area (Å²) >= 11 is 10.4. The van der Waals surface area contributed by atoms with E-state index in [2.05, 4.69) is 29.1 Å². The average molecular weight is 771 g/mol. The van der Waals surface area contributed by atoms with E-state index in [9.17, 15) is 24.3 Å². The number of nitrogens with zero attached hydrogens (tertiary/aromatic N) is 3. The van der Waals surface area contributed by atoms with Crippen molar-refractivity contribution in [2.24, 2.45) is 11.8 Å². The number of aliphatic hydroxyl groups excluding tert-OH is 1. The molecule has 3 amide bonds. The monoisotopic (exact) mass is 769 g/mol. The van der Waals surface area contributed by atoms with Gasteiger partial charge in [0.25, 0.3) is 5.91 Å². The molecule has 5 rings (SSSR count). The minimum absolute atomic E-state index is 0.0957. The van der Waals surface area contributed by atoms with Crippen molar-refractivity contribution >= 4 is 56.9 Å². The zero-order valence-electron chi connectivity index (χ0n) is 28.8. The van der Waals surface area contributed by atoms with Crippen molar-refractivity contribution in [3.05, 3.63) is 90.0 Å². The average Bonchev–Trinajstić information content (AvgIpc) is 3.71. The molecule has 0 radical (unpaired) electrons. The number of ether oxygens (including phenoxy) is 2. The fraction of sp³-hybridized carbons (Fsp3) is 0.474. The molecular formula is C38H45BrClN3O7. The molecule has 12 heteroatoms. The molecule has 10 nitrogen and oxygen atoms in total. The van der Waals surface area contributed by atoms with E-state index in [0.717, 1.165) is 5.56 Å². The summed E-state index contributed by atoms with van der Waals surface area (Å²) in [5.74, 6) is -3.85. The molecule has 3 heterocycles. The Kier molecular flexibility index (Phi) is 11.6. The van der Waals surface area contributed by atoms with Crippen LogP contribution < -0.4 is 4.90 Å². The largest absolute Gasteiger partial charge is 0.455 e. The number of benzene rings is 2. The maximum absolute atomic E-state index is 14.9. The molecule has 50 heavy (non-hydrogen) atoms. The van der Waals surface area contributed by atoms with Crippen molar-refractivity contribution in [2.45, 2.75) is 80.8 Å². The lowest BCUT2D eigenvalue weighted by Gasteiger charge is -2.39. The second-order valence-electron chi connectivity index (χ2n) is 13.4. The first-order chi connectivity index (χ1) is 23.8. The van der Waals surface area contributed by atoms with Crippen molar-refractivity contribution in [3.8, 4) is 0 Å². The van der Waals surface area contributed by atoms with Crippen molar-refractivity contribution in [1.82, 2.24) is 9.80 Å². The Labute approximate surface area is 307 Å². The number of rotatable bonds is 14. The zero-order chi connectivity index (χ0) is 36.5. The van der Waals surface area contributed by atoms with E-state index in [0.29, 0.717) is 22.7 Å². The summed E-state index contributed by atoms with van der Waals surface area (Å²) in [4.78, 5) is 61.0. The molecule has 3 aliphatic rings. The van der Waals surface area contributed by atoms with Gasteiger partial charge in [-0.05, 0) is 50.8 Å². The minimum atomic E-state index is -1.40. The van der Waals surface area contributed by atoms with Gasteiger partial charge in [-0.1, -0.05) is 82.1 Å². The molecule has 2 aromatic carbocycles. The number of fused-ring (bicyclic) bond motifs is 1. The summed E-state index contributed by atoms with van der Waals surface area (Å²) in [6, 6.07) is 12.0. The molecule has 1 N–H and O–H groups in total. The Balaban J connectivity index is 1.54. The van der Waals surface area contributed by atoms with Gasteiger partial charge in [-0.25, -0.2) is 0 Å². The van der Waals surface area contributed by atoms with E-state index in [-0.39, 0.29) is 30.1 Å². The number of likely N-dealkylation sites (tertiary alicyclic amines) is 1. The quantitative estimate of drug-likeness (QED) is 0.156. The standard InChI is InChI=1S/C38H45BrClN3O7/c1-7-9-18-28(45)41(6)24(5)32(25-15-11-10-12-16-25)49-37(48)29-30-35(46)43(23(4)21-44)34(38(30)20-26(39)33(29)50-38)36(47)42(19-8-2)31-22(3)14-13-17-27(31)40/h7-8,10-17,23-24,26,29-30,32-34,44H,1-2,9,18-21H2,3-6H3/t23-,24+,26?,29-,30+,32-,33-,34-,38+/m1/s1. The Morgan fingerprint density at radius 3 is 2.48 bits per heavy atom. The van der Waals surface area contributed by atoms with Crippen LogP contribution in [-0.2, 0) is 28.7 Å². The second-order valence-corrected chi connectivity index (χ2v) is 15.0. The number of alkyl halides is 1. The number of carbonyl (C=O) groups excluding carboxylic acids is 4. The fourth-order valence-electron chi connectivity index (χ4n) is 7.83. The number of aryl methyl sites for hydroxylation is 1. The van der Waals surface area contributed by atoms with Crippen LogP contribution in [0.5, 0.6) is 0 Å². The highest BCUT2D eigenvalue weighted by Gasteiger charge is 2.77. The van der Waals surface area contributed by atoms with Gasteiger partial charge in [0.15, 0.2) is 0 Å². The van der Waals surface area contributed by atoms with Crippen LogP contribution in [0, 0.1) is 18.8 Å². The molecule has 3 saturated heterocycles. The number of likely N-dealkylation sites (N-methyl/N-ethyl adjacent to an activating group) is 1. The van der Waals surface area contributed by atoms with Gasteiger partial charge < -0.3 is 29.3 Å². The second kappa shape index (κ2) is 15.4. The Morgan fingerprint density at radius 2 is 1.86 bits per heavy atom. The summed E-state index contributed by atoms with van der Waals surface area (Å²) in [5.41, 5.74) is 0.508. The number of allylic oxidation sites excluding steroid dienone is 1. The summed E-state index contributed by atoms with van der Waals surface area (Å²) < 4.78 is 13.0. The van der Waals surface area contributed by atoms with Gasteiger partial charge in [-0.3, -0.25) is 19.2 Å². The highest BCUT2D eigenvalue weighted by molar-refractivity contribution is 9.09.